The van der Waals surface area contributed by atoms with Crippen molar-refractivity contribution in [2.24, 2.45) is 10.9 Å². The summed E-state index contributed by atoms with van der Waals surface area (Å²) >= 11 is 0. The lowest BCUT2D eigenvalue weighted by Crippen LogP contribution is -2.39. The maximum atomic E-state index is 14.1. The number of benzene rings is 1. The zero-order valence-corrected chi connectivity index (χ0v) is 11.2. The summed E-state index contributed by atoms with van der Waals surface area (Å²) in [5.41, 5.74) is 5.60. The molecule has 0 fully saturated rings. The standard InChI is InChI=1S/C13H20FN3O2/c1-13(2,6-7-18)16-8-9-4-3-5-10(11(9)14)12(15)17-19/h3-5,16,18-19H,6-8H2,1-2H3,(H2,15,17). The van der Waals surface area contributed by atoms with Crippen LogP contribution in [-0.4, -0.2) is 28.3 Å². The molecule has 0 atom stereocenters. The maximum absolute atomic E-state index is 14.1. The van der Waals surface area contributed by atoms with E-state index in [0.717, 1.165) is 0 Å². The second kappa shape index (κ2) is 6.49. The van der Waals surface area contributed by atoms with Crippen molar-refractivity contribution in [2.75, 3.05) is 6.61 Å². The van der Waals surface area contributed by atoms with Gasteiger partial charge in [-0.3, -0.25) is 0 Å². The zero-order valence-electron chi connectivity index (χ0n) is 11.2. The van der Waals surface area contributed by atoms with Crippen LogP contribution in [0.1, 0.15) is 31.4 Å². The Labute approximate surface area is 111 Å². The number of nitrogens with two attached hydrogens (primary N) is 1. The van der Waals surface area contributed by atoms with Gasteiger partial charge < -0.3 is 21.4 Å². The third kappa shape index (κ3) is 4.18. The number of rotatable bonds is 6. The lowest BCUT2D eigenvalue weighted by Gasteiger charge is -2.25. The molecule has 0 saturated heterocycles. The third-order valence-electron chi connectivity index (χ3n) is 2.96. The molecule has 19 heavy (non-hydrogen) atoms. The van der Waals surface area contributed by atoms with Crippen LogP contribution in [0, 0.1) is 5.82 Å². The van der Waals surface area contributed by atoms with Crippen LogP contribution in [0.3, 0.4) is 0 Å². The maximum Gasteiger partial charge on any atom is 0.173 e. The number of amidine groups is 1. The number of nitrogens with zero attached hydrogens (tertiary/aromatic N) is 1. The molecule has 0 bridgehead atoms. The molecule has 1 rings (SSSR count). The summed E-state index contributed by atoms with van der Waals surface area (Å²) < 4.78 is 14.1. The van der Waals surface area contributed by atoms with Crippen molar-refractivity contribution >= 4 is 5.84 Å². The minimum absolute atomic E-state index is 0.0621. The molecule has 0 spiro atoms. The van der Waals surface area contributed by atoms with E-state index in [1.54, 1.807) is 12.1 Å². The minimum atomic E-state index is -0.509. The molecule has 0 unspecified atom stereocenters. The van der Waals surface area contributed by atoms with Gasteiger partial charge in [-0.25, -0.2) is 4.39 Å². The van der Waals surface area contributed by atoms with Crippen LogP contribution in [0.4, 0.5) is 4.39 Å². The first kappa shape index (κ1) is 15.4. The number of oxime groups is 1. The fourth-order valence-corrected chi connectivity index (χ4v) is 1.67. The Morgan fingerprint density at radius 2 is 2.16 bits per heavy atom. The molecular weight excluding hydrogens is 249 g/mol. The van der Waals surface area contributed by atoms with Crippen molar-refractivity contribution in [3.05, 3.63) is 35.1 Å². The number of hydrogen-bond donors (Lipinski definition) is 4. The Hall–Kier alpha value is -1.66. The smallest absolute Gasteiger partial charge is 0.173 e. The molecule has 106 valence electrons. The van der Waals surface area contributed by atoms with Gasteiger partial charge in [0.05, 0.1) is 5.56 Å². The lowest BCUT2D eigenvalue weighted by atomic mass is 10.0. The van der Waals surface area contributed by atoms with Gasteiger partial charge in [0.25, 0.3) is 0 Å². The van der Waals surface area contributed by atoms with Gasteiger partial charge in [0.1, 0.15) is 5.82 Å². The van der Waals surface area contributed by atoms with Crippen molar-refractivity contribution in [3.63, 3.8) is 0 Å². The van der Waals surface area contributed by atoms with Crippen LogP contribution in [0.5, 0.6) is 0 Å². The predicted molar refractivity (Wildman–Crippen MR) is 71.5 cm³/mol. The van der Waals surface area contributed by atoms with E-state index in [2.05, 4.69) is 10.5 Å². The first-order valence-corrected chi connectivity index (χ1v) is 6.02. The second-order valence-corrected chi connectivity index (χ2v) is 4.97. The fraction of sp³-hybridized carbons (Fsp3) is 0.462. The van der Waals surface area contributed by atoms with Crippen LogP contribution in [0.2, 0.25) is 0 Å². The second-order valence-electron chi connectivity index (χ2n) is 4.97. The molecule has 5 N–H and O–H groups in total. The molecule has 0 aliphatic carbocycles. The average Bonchev–Trinajstić information content (AvgIpc) is 2.36. The van der Waals surface area contributed by atoms with Gasteiger partial charge >= 0.3 is 0 Å². The van der Waals surface area contributed by atoms with Gasteiger partial charge in [-0.15, -0.1) is 0 Å². The van der Waals surface area contributed by atoms with Gasteiger partial charge in [-0.2, -0.15) is 0 Å². The topological polar surface area (TPSA) is 90.9 Å². The van der Waals surface area contributed by atoms with Gasteiger partial charge in [-0.1, -0.05) is 17.3 Å². The number of aliphatic hydroxyl groups is 1. The van der Waals surface area contributed by atoms with Crippen LogP contribution >= 0.6 is 0 Å². The first-order chi connectivity index (χ1) is 8.91. The molecule has 6 heteroatoms. The third-order valence-corrected chi connectivity index (χ3v) is 2.96. The summed E-state index contributed by atoms with van der Waals surface area (Å²) in [7, 11) is 0. The Morgan fingerprint density at radius 1 is 1.47 bits per heavy atom. The molecule has 0 aliphatic rings. The van der Waals surface area contributed by atoms with Crippen LogP contribution < -0.4 is 11.1 Å². The molecular formula is C13H20FN3O2. The average molecular weight is 269 g/mol. The first-order valence-electron chi connectivity index (χ1n) is 6.02. The summed E-state index contributed by atoms with van der Waals surface area (Å²) in [6, 6.07) is 4.73. The molecule has 0 radical (unpaired) electrons. The van der Waals surface area contributed by atoms with Crippen LogP contribution in [-0.2, 0) is 6.54 Å². The van der Waals surface area contributed by atoms with E-state index in [-0.39, 0.29) is 23.5 Å². The van der Waals surface area contributed by atoms with E-state index in [9.17, 15) is 4.39 Å². The summed E-state index contributed by atoms with van der Waals surface area (Å²) in [5.74, 6) is -0.765. The SMILES string of the molecule is CC(C)(CCO)NCc1cccc(/C(N)=N/O)c1F. The quantitative estimate of drug-likeness (QED) is 0.270. The van der Waals surface area contributed by atoms with Crippen molar-refractivity contribution < 1.29 is 14.7 Å². The van der Waals surface area contributed by atoms with Gasteiger partial charge in [-0.05, 0) is 26.3 Å². The Bertz CT molecular complexity index is 461. The molecule has 0 aliphatic heterocycles. The molecule has 1 aromatic rings. The van der Waals surface area contributed by atoms with Crippen molar-refractivity contribution in [3.8, 4) is 0 Å². The number of hydrogen-bond acceptors (Lipinski definition) is 4. The van der Waals surface area contributed by atoms with E-state index in [1.807, 2.05) is 13.8 Å². The Morgan fingerprint density at radius 3 is 2.74 bits per heavy atom. The molecule has 0 amide bonds. The monoisotopic (exact) mass is 269 g/mol. The summed E-state index contributed by atoms with van der Waals surface area (Å²) in [6.07, 6.45) is 0.564. The highest BCUT2D eigenvalue weighted by molar-refractivity contribution is 5.97. The van der Waals surface area contributed by atoms with E-state index >= 15 is 0 Å². The van der Waals surface area contributed by atoms with E-state index in [4.69, 9.17) is 16.0 Å². The molecule has 5 nitrogen and oxygen atoms in total. The zero-order chi connectivity index (χ0) is 14.5. The molecule has 0 aromatic heterocycles. The highest BCUT2D eigenvalue weighted by Crippen LogP contribution is 2.15. The van der Waals surface area contributed by atoms with Gasteiger partial charge in [0.15, 0.2) is 5.84 Å². The van der Waals surface area contributed by atoms with Crippen LogP contribution in [0.25, 0.3) is 0 Å². The molecule has 0 saturated carbocycles. The highest BCUT2D eigenvalue weighted by atomic mass is 19.1. The van der Waals surface area contributed by atoms with E-state index in [0.29, 0.717) is 18.5 Å². The molecule has 1 aromatic carbocycles. The van der Waals surface area contributed by atoms with Crippen molar-refractivity contribution in [2.45, 2.75) is 32.4 Å². The highest BCUT2D eigenvalue weighted by Gasteiger charge is 2.18. The van der Waals surface area contributed by atoms with Crippen LogP contribution in [0.15, 0.2) is 23.4 Å². The lowest BCUT2D eigenvalue weighted by molar-refractivity contribution is 0.229. The van der Waals surface area contributed by atoms with E-state index < -0.39 is 5.82 Å². The number of nitrogens with one attached hydrogen (secondary N) is 1. The van der Waals surface area contributed by atoms with E-state index in [1.165, 1.54) is 6.07 Å². The molecule has 0 heterocycles. The minimum Gasteiger partial charge on any atom is -0.409 e. The Balaban J connectivity index is 2.86. The van der Waals surface area contributed by atoms with Crippen molar-refractivity contribution in [1.82, 2.24) is 5.32 Å². The normalized spacial score (nSPS) is 12.7. The number of halogens is 1. The Kier molecular flexibility index (Phi) is 5.26. The van der Waals surface area contributed by atoms with Gasteiger partial charge in [0, 0.05) is 24.3 Å². The largest absolute Gasteiger partial charge is 0.409 e. The predicted octanol–water partition coefficient (Wildman–Crippen LogP) is 1.17. The van der Waals surface area contributed by atoms with Crippen molar-refractivity contribution in [1.29, 1.82) is 0 Å². The number of aliphatic hydroxyl groups excluding tert-OH is 1. The fourth-order valence-electron chi connectivity index (χ4n) is 1.67. The van der Waals surface area contributed by atoms with Gasteiger partial charge in [0.2, 0.25) is 0 Å². The summed E-state index contributed by atoms with van der Waals surface area (Å²) in [5, 5.41) is 23.5. The summed E-state index contributed by atoms with van der Waals surface area (Å²) in [4.78, 5) is 0. The summed E-state index contributed by atoms with van der Waals surface area (Å²) in [6.45, 7) is 4.21.